The number of hydrogen-bond acceptors (Lipinski definition) is 4. The average molecular weight is 336 g/mol. The van der Waals surface area contributed by atoms with Gasteiger partial charge in [-0.15, -0.1) is 5.10 Å². The van der Waals surface area contributed by atoms with Crippen molar-refractivity contribution >= 4 is 5.91 Å². The zero-order chi connectivity index (χ0) is 17.1. The van der Waals surface area contributed by atoms with Gasteiger partial charge in [-0.2, -0.15) is 0 Å². The van der Waals surface area contributed by atoms with Crippen molar-refractivity contribution in [2.24, 2.45) is 5.92 Å². The summed E-state index contributed by atoms with van der Waals surface area (Å²) >= 11 is 0. The summed E-state index contributed by atoms with van der Waals surface area (Å²) in [6, 6.07) is 3.22. The normalized spacial score (nSPS) is 15.7. The van der Waals surface area contributed by atoms with E-state index in [1.165, 1.54) is 6.07 Å². The van der Waals surface area contributed by atoms with Crippen LogP contribution in [0.4, 0.5) is 8.78 Å². The summed E-state index contributed by atoms with van der Waals surface area (Å²) in [4.78, 5) is 14.0. The van der Waals surface area contributed by atoms with Crippen LogP contribution in [0.3, 0.4) is 0 Å². The first-order valence-electron chi connectivity index (χ1n) is 7.81. The third-order valence-corrected chi connectivity index (χ3v) is 4.26. The fourth-order valence-electron chi connectivity index (χ4n) is 2.90. The zero-order valence-corrected chi connectivity index (χ0v) is 13.0. The summed E-state index contributed by atoms with van der Waals surface area (Å²) in [5.74, 6) is -1.90. The highest BCUT2D eigenvalue weighted by Gasteiger charge is 2.24. The molecule has 0 bridgehead atoms. The fraction of sp³-hybridized carbons (Fsp3) is 0.438. The van der Waals surface area contributed by atoms with Crippen LogP contribution in [0.25, 0.3) is 0 Å². The molecule has 1 saturated heterocycles. The molecule has 0 radical (unpaired) electrons. The molecule has 0 unspecified atom stereocenters. The number of rotatable bonds is 4. The first-order valence-corrected chi connectivity index (χ1v) is 7.81. The molecule has 1 N–H and O–H groups in total. The molecular weight excluding hydrogens is 318 g/mol. The number of piperidine rings is 1. The summed E-state index contributed by atoms with van der Waals surface area (Å²) in [6.07, 6.45) is 3.30. The number of carbonyl (C=O) groups excluding carboxylic acids is 1. The van der Waals surface area contributed by atoms with Gasteiger partial charge in [0.25, 0.3) is 5.91 Å². The number of hydrogen-bond donors (Lipinski definition) is 1. The minimum atomic E-state index is -1.01. The van der Waals surface area contributed by atoms with E-state index in [4.69, 9.17) is 5.11 Å². The molecule has 0 spiro atoms. The van der Waals surface area contributed by atoms with Crippen LogP contribution in [0.5, 0.6) is 0 Å². The number of likely N-dealkylation sites (tertiary alicyclic amines) is 1. The van der Waals surface area contributed by atoms with Crippen molar-refractivity contribution in [3.63, 3.8) is 0 Å². The van der Waals surface area contributed by atoms with E-state index in [9.17, 15) is 13.6 Å². The van der Waals surface area contributed by atoms with Crippen LogP contribution in [0, 0.1) is 17.6 Å². The van der Waals surface area contributed by atoms with Crippen LogP contribution in [0.15, 0.2) is 24.4 Å². The van der Waals surface area contributed by atoms with Gasteiger partial charge in [-0.25, -0.2) is 8.78 Å². The molecule has 8 heteroatoms. The SMILES string of the molecule is O=C(c1ccc(F)c(F)c1)N1CCC(Cn2cc(CO)nn2)CC1. The minimum absolute atomic E-state index is 0.138. The molecule has 0 atom stereocenters. The van der Waals surface area contributed by atoms with E-state index in [1.807, 2.05) is 0 Å². The summed E-state index contributed by atoms with van der Waals surface area (Å²) in [7, 11) is 0. The Morgan fingerprint density at radius 2 is 2.00 bits per heavy atom. The van der Waals surface area contributed by atoms with Gasteiger partial charge in [-0.1, -0.05) is 5.21 Å². The van der Waals surface area contributed by atoms with Crippen LogP contribution >= 0.6 is 0 Å². The number of nitrogens with zero attached hydrogens (tertiary/aromatic N) is 4. The maximum Gasteiger partial charge on any atom is 0.253 e. The van der Waals surface area contributed by atoms with E-state index in [2.05, 4.69) is 10.3 Å². The lowest BCUT2D eigenvalue weighted by Crippen LogP contribution is -2.39. The molecule has 0 aliphatic carbocycles. The van der Waals surface area contributed by atoms with Crippen LogP contribution in [0.2, 0.25) is 0 Å². The number of halogens is 2. The van der Waals surface area contributed by atoms with Crippen LogP contribution in [0.1, 0.15) is 28.9 Å². The Morgan fingerprint density at radius 1 is 1.25 bits per heavy atom. The number of aliphatic hydroxyl groups is 1. The molecule has 0 saturated carbocycles. The minimum Gasteiger partial charge on any atom is -0.390 e. The van der Waals surface area contributed by atoms with Crippen LogP contribution < -0.4 is 0 Å². The van der Waals surface area contributed by atoms with E-state index < -0.39 is 11.6 Å². The smallest absolute Gasteiger partial charge is 0.253 e. The van der Waals surface area contributed by atoms with E-state index >= 15 is 0 Å². The van der Waals surface area contributed by atoms with Gasteiger partial charge in [0.1, 0.15) is 5.69 Å². The molecule has 1 fully saturated rings. The van der Waals surface area contributed by atoms with E-state index in [0.717, 1.165) is 25.0 Å². The van der Waals surface area contributed by atoms with Crippen molar-refractivity contribution in [3.8, 4) is 0 Å². The molecule has 1 amide bonds. The van der Waals surface area contributed by atoms with Crippen molar-refractivity contribution in [2.45, 2.75) is 26.0 Å². The van der Waals surface area contributed by atoms with Gasteiger partial charge < -0.3 is 10.0 Å². The van der Waals surface area contributed by atoms with Gasteiger partial charge in [-0.3, -0.25) is 9.48 Å². The predicted octanol–water partition coefficient (Wildman–Crippen LogP) is 1.60. The van der Waals surface area contributed by atoms with Gasteiger partial charge in [-0.05, 0) is 37.0 Å². The van der Waals surface area contributed by atoms with Crippen molar-refractivity contribution in [3.05, 3.63) is 47.3 Å². The second-order valence-corrected chi connectivity index (χ2v) is 5.95. The molecule has 1 aromatic heterocycles. The molecule has 24 heavy (non-hydrogen) atoms. The highest BCUT2D eigenvalue weighted by atomic mass is 19.2. The number of amides is 1. The fourth-order valence-corrected chi connectivity index (χ4v) is 2.90. The molecule has 2 aromatic rings. The molecule has 128 valence electrons. The van der Waals surface area contributed by atoms with Gasteiger partial charge >= 0.3 is 0 Å². The van der Waals surface area contributed by atoms with E-state index in [0.29, 0.717) is 31.2 Å². The first-order chi connectivity index (χ1) is 11.6. The quantitative estimate of drug-likeness (QED) is 0.921. The van der Waals surface area contributed by atoms with Crippen molar-refractivity contribution in [1.29, 1.82) is 0 Å². The summed E-state index contributed by atoms with van der Waals surface area (Å²) < 4.78 is 27.9. The number of benzene rings is 1. The summed E-state index contributed by atoms with van der Waals surface area (Å²) in [5, 5.41) is 16.8. The molecule has 6 nitrogen and oxygen atoms in total. The highest BCUT2D eigenvalue weighted by Crippen LogP contribution is 2.21. The monoisotopic (exact) mass is 336 g/mol. The van der Waals surface area contributed by atoms with Crippen LogP contribution in [-0.4, -0.2) is 44.0 Å². The summed E-state index contributed by atoms with van der Waals surface area (Å²) in [5.41, 5.74) is 0.692. The molecule has 2 heterocycles. The molecule has 3 rings (SSSR count). The Balaban J connectivity index is 1.56. The lowest BCUT2D eigenvalue weighted by molar-refractivity contribution is 0.0680. The Morgan fingerprint density at radius 3 is 2.62 bits per heavy atom. The highest BCUT2D eigenvalue weighted by molar-refractivity contribution is 5.94. The van der Waals surface area contributed by atoms with Crippen molar-refractivity contribution in [1.82, 2.24) is 19.9 Å². The van der Waals surface area contributed by atoms with Crippen molar-refractivity contribution < 1.29 is 18.7 Å². The topological polar surface area (TPSA) is 71.2 Å². The Labute approximate surface area is 137 Å². The number of aliphatic hydroxyl groups excluding tert-OH is 1. The second-order valence-electron chi connectivity index (χ2n) is 5.95. The zero-order valence-electron chi connectivity index (χ0n) is 13.0. The molecule has 1 aliphatic rings. The Bertz CT molecular complexity index is 727. The van der Waals surface area contributed by atoms with E-state index in [-0.39, 0.29) is 18.1 Å². The number of aromatic nitrogens is 3. The molecular formula is C16H18F2N4O2. The average Bonchev–Trinajstić information content (AvgIpc) is 3.05. The summed E-state index contributed by atoms with van der Waals surface area (Å²) in [6.45, 7) is 1.66. The van der Waals surface area contributed by atoms with E-state index in [1.54, 1.807) is 15.8 Å². The Kier molecular flexibility index (Phi) is 4.84. The van der Waals surface area contributed by atoms with Gasteiger partial charge in [0, 0.05) is 25.2 Å². The standard InChI is InChI=1S/C16H18F2N4O2/c17-14-2-1-12(7-15(14)18)16(24)21-5-3-11(4-6-21)8-22-9-13(10-23)19-20-22/h1-2,7,9,11,23H,3-6,8,10H2. The largest absolute Gasteiger partial charge is 0.390 e. The Hall–Kier alpha value is -2.35. The van der Waals surface area contributed by atoms with Gasteiger partial charge in [0.2, 0.25) is 0 Å². The number of carbonyl (C=O) groups is 1. The van der Waals surface area contributed by atoms with Gasteiger partial charge in [0.05, 0.1) is 12.8 Å². The molecule has 1 aromatic carbocycles. The van der Waals surface area contributed by atoms with Crippen LogP contribution in [-0.2, 0) is 13.2 Å². The molecule has 1 aliphatic heterocycles. The second kappa shape index (κ2) is 7.04. The maximum absolute atomic E-state index is 13.3. The van der Waals surface area contributed by atoms with Gasteiger partial charge in [0.15, 0.2) is 11.6 Å². The third kappa shape index (κ3) is 3.59. The maximum atomic E-state index is 13.3. The first kappa shape index (κ1) is 16.5. The van der Waals surface area contributed by atoms with Crippen molar-refractivity contribution in [2.75, 3.05) is 13.1 Å². The predicted molar refractivity (Wildman–Crippen MR) is 80.9 cm³/mol. The third-order valence-electron chi connectivity index (χ3n) is 4.26. The lowest BCUT2D eigenvalue weighted by atomic mass is 9.96. The lowest BCUT2D eigenvalue weighted by Gasteiger charge is -2.32.